The number of amides is 3. The number of benzene rings is 2. The average Bonchev–Trinajstić information content (AvgIpc) is 3.15. The summed E-state index contributed by atoms with van der Waals surface area (Å²) in [6.45, 7) is 1.15. The van der Waals surface area contributed by atoms with Crippen LogP contribution in [0.4, 0.5) is 10.5 Å². The Morgan fingerprint density at radius 3 is 2.61 bits per heavy atom. The van der Waals surface area contributed by atoms with Gasteiger partial charge in [-0.05, 0) is 60.4 Å². The first kappa shape index (κ1) is 25.2. The largest absolute Gasteiger partial charge is 0.493 e. The first-order valence-corrected chi connectivity index (χ1v) is 12.2. The van der Waals surface area contributed by atoms with E-state index in [1.807, 2.05) is 0 Å². The molecule has 2 aromatic rings. The van der Waals surface area contributed by atoms with E-state index in [2.05, 4.69) is 0 Å². The van der Waals surface area contributed by atoms with Gasteiger partial charge >= 0.3 is 0 Å². The highest BCUT2D eigenvalue weighted by molar-refractivity contribution is 8.18. The molecule has 2 aliphatic heterocycles. The van der Waals surface area contributed by atoms with Crippen molar-refractivity contribution in [2.45, 2.75) is 25.9 Å². The number of hydrogen-bond acceptors (Lipinski definition) is 8. The van der Waals surface area contributed by atoms with Crippen molar-refractivity contribution in [3.8, 4) is 11.5 Å². The molecule has 0 unspecified atom stereocenters. The SMILES string of the molecule is COc1cc(/C=C2/SC(=O)N(CC(=O)N3CCCCC3)C2=O)ccc1OCc1cccc([N+](=O)[O-])c1. The van der Waals surface area contributed by atoms with Crippen molar-refractivity contribution in [3.63, 3.8) is 0 Å². The monoisotopic (exact) mass is 511 g/mol. The molecule has 0 aliphatic carbocycles. The van der Waals surface area contributed by atoms with E-state index in [9.17, 15) is 24.5 Å². The van der Waals surface area contributed by atoms with Crippen LogP contribution < -0.4 is 9.47 Å². The second-order valence-corrected chi connectivity index (χ2v) is 9.33. The molecule has 0 spiro atoms. The second-order valence-electron chi connectivity index (χ2n) is 8.34. The maximum atomic E-state index is 12.8. The number of rotatable bonds is 8. The van der Waals surface area contributed by atoms with Gasteiger partial charge in [0.15, 0.2) is 11.5 Å². The van der Waals surface area contributed by atoms with Crippen molar-refractivity contribution in [1.29, 1.82) is 0 Å². The van der Waals surface area contributed by atoms with Crippen LogP contribution in [0, 0.1) is 10.1 Å². The van der Waals surface area contributed by atoms with Gasteiger partial charge in [0, 0.05) is 25.2 Å². The molecule has 2 heterocycles. The van der Waals surface area contributed by atoms with Gasteiger partial charge in [-0.25, -0.2) is 0 Å². The van der Waals surface area contributed by atoms with Crippen molar-refractivity contribution >= 4 is 40.6 Å². The normalized spacial score (nSPS) is 17.0. The van der Waals surface area contributed by atoms with Crippen molar-refractivity contribution in [2.75, 3.05) is 26.7 Å². The highest BCUT2D eigenvalue weighted by atomic mass is 32.2. The first-order valence-electron chi connectivity index (χ1n) is 11.4. The molecule has 0 bridgehead atoms. The van der Waals surface area contributed by atoms with E-state index >= 15 is 0 Å². The summed E-state index contributed by atoms with van der Waals surface area (Å²) in [5.41, 5.74) is 1.22. The van der Waals surface area contributed by atoms with Gasteiger partial charge in [-0.15, -0.1) is 0 Å². The molecule has 0 radical (unpaired) electrons. The van der Waals surface area contributed by atoms with Crippen LogP contribution in [0.5, 0.6) is 11.5 Å². The molecule has 4 rings (SSSR count). The molecule has 0 N–H and O–H groups in total. The predicted octanol–water partition coefficient (Wildman–Crippen LogP) is 4.23. The number of nitro benzene ring substituents is 1. The average molecular weight is 512 g/mol. The topological polar surface area (TPSA) is 119 Å². The van der Waals surface area contributed by atoms with Crippen LogP contribution >= 0.6 is 11.8 Å². The van der Waals surface area contributed by atoms with E-state index in [0.717, 1.165) is 35.9 Å². The molecule has 3 amide bonds. The molecule has 10 nitrogen and oxygen atoms in total. The van der Waals surface area contributed by atoms with E-state index in [4.69, 9.17) is 9.47 Å². The lowest BCUT2D eigenvalue weighted by Crippen LogP contribution is -2.44. The van der Waals surface area contributed by atoms with Crippen LogP contribution in [0.3, 0.4) is 0 Å². The molecule has 0 aromatic heterocycles. The zero-order chi connectivity index (χ0) is 25.7. The number of nitro groups is 1. The summed E-state index contributed by atoms with van der Waals surface area (Å²) in [7, 11) is 1.47. The number of thioether (sulfide) groups is 1. The van der Waals surface area contributed by atoms with Gasteiger partial charge in [-0.1, -0.05) is 18.2 Å². The minimum absolute atomic E-state index is 0.0232. The fourth-order valence-corrected chi connectivity index (χ4v) is 4.82. The Morgan fingerprint density at radius 1 is 1.11 bits per heavy atom. The lowest BCUT2D eigenvalue weighted by Gasteiger charge is -2.27. The lowest BCUT2D eigenvalue weighted by atomic mass is 10.1. The van der Waals surface area contributed by atoms with Gasteiger partial charge in [0.25, 0.3) is 16.8 Å². The summed E-state index contributed by atoms with van der Waals surface area (Å²) >= 11 is 0.795. The maximum Gasteiger partial charge on any atom is 0.294 e. The van der Waals surface area contributed by atoms with Crippen LogP contribution in [-0.2, 0) is 16.2 Å². The number of methoxy groups -OCH3 is 1. The standard InChI is InChI=1S/C25H25N3O7S/c1-34-21-13-17(8-9-20(21)35-16-18-6-5-7-19(12-18)28(32)33)14-22-24(30)27(25(31)36-22)15-23(29)26-10-3-2-4-11-26/h5-9,12-14H,2-4,10-11,15-16H2,1H3/b22-14+. The van der Waals surface area contributed by atoms with Gasteiger partial charge in [-0.2, -0.15) is 0 Å². The Hall–Kier alpha value is -3.86. The van der Waals surface area contributed by atoms with Crippen LogP contribution in [0.25, 0.3) is 6.08 Å². The Kier molecular flexibility index (Phi) is 7.89. The van der Waals surface area contributed by atoms with E-state index in [1.54, 1.807) is 41.3 Å². The molecule has 2 fully saturated rings. The van der Waals surface area contributed by atoms with Crippen LogP contribution in [-0.4, -0.2) is 58.5 Å². The quantitative estimate of drug-likeness (QED) is 0.293. The summed E-state index contributed by atoms with van der Waals surface area (Å²) in [6.07, 6.45) is 4.51. The number of carbonyl (C=O) groups is 3. The van der Waals surface area contributed by atoms with E-state index in [0.29, 0.717) is 35.7 Å². The predicted molar refractivity (Wildman–Crippen MR) is 134 cm³/mol. The summed E-state index contributed by atoms with van der Waals surface area (Å²) in [5, 5.41) is 10.5. The Bertz CT molecular complexity index is 1220. The third-order valence-electron chi connectivity index (χ3n) is 5.88. The highest BCUT2D eigenvalue weighted by Crippen LogP contribution is 2.35. The molecule has 188 valence electrons. The fraction of sp³-hybridized carbons (Fsp3) is 0.320. The molecule has 2 aliphatic rings. The van der Waals surface area contributed by atoms with Crippen LogP contribution in [0.2, 0.25) is 0 Å². The van der Waals surface area contributed by atoms with E-state index in [1.165, 1.54) is 19.2 Å². The number of piperidine rings is 1. The Balaban J connectivity index is 1.43. The third kappa shape index (κ3) is 5.85. The molecule has 2 saturated heterocycles. The van der Waals surface area contributed by atoms with Gasteiger partial charge < -0.3 is 14.4 Å². The summed E-state index contributed by atoms with van der Waals surface area (Å²) in [6, 6.07) is 11.2. The van der Waals surface area contributed by atoms with Crippen LogP contribution in [0.15, 0.2) is 47.4 Å². The number of non-ortho nitro benzene ring substituents is 1. The molecule has 11 heteroatoms. The van der Waals surface area contributed by atoms with Gasteiger partial charge in [-0.3, -0.25) is 29.4 Å². The summed E-state index contributed by atoms with van der Waals surface area (Å²) in [4.78, 5) is 51.2. The molecule has 2 aromatic carbocycles. The van der Waals surface area contributed by atoms with Crippen molar-refractivity contribution in [3.05, 3.63) is 68.6 Å². The smallest absolute Gasteiger partial charge is 0.294 e. The van der Waals surface area contributed by atoms with Gasteiger partial charge in [0.2, 0.25) is 5.91 Å². The lowest BCUT2D eigenvalue weighted by molar-refractivity contribution is -0.384. The van der Waals surface area contributed by atoms with Crippen molar-refractivity contribution < 1.29 is 28.8 Å². The van der Waals surface area contributed by atoms with E-state index in [-0.39, 0.29) is 29.7 Å². The molecule has 0 saturated carbocycles. The minimum atomic E-state index is -0.500. The summed E-state index contributed by atoms with van der Waals surface area (Å²) < 4.78 is 11.2. The Morgan fingerprint density at radius 2 is 1.89 bits per heavy atom. The number of ether oxygens (including phenoxy) is 2. The van der Waals surface area contributed by atoms with Crippen LogP contribution in [0.1, 0.15) is 30.4 Å². The van der Waals surface area contributed by atoms with Gasteiger partial charge in [0.05, 0.1) is 16.9 Å². The third-order valence-corrected chi connectivity index (χ3v) is 6.78. The molecular formula is C25H25N3O7S. The number of nitrogens with zero attached hydrogens (tertiary/aromatic N) is 3. The summed E-state index contributed by atoms with van der Waals surface area (Å²) in [5.74, 6) is 0.0977. The fourth-order valence-electron chi connectivity index (χ4n) is 3.98. The highest BCUT2D eigenvalue weighted by Gasteiger charge is 2.37. The van der Waals surface area contributed by atoms with Crippen molar-refractivity contribution in [1.82, 2.24) is 9.80 Å². The number of hydrogen-bond donors (Lipinski definition) is 0. The first-order chi connectivity index (χ1) is 17.4. The number of carbonyl (C=O) groups excluding carboxylic acids is 3. The molecule has 0 atom stereocenters. The Labute approximate surface area is 212 Å². The molecule has 36 heavy (non-hydrogen) atoms. The maximum absolute atomic E-state index is 12.8. The zero-order valence-electron chi connectivity index (χ0n) is 19.7. The van der Waals surface area contributed by atoms with E-state index < -0.39 is 16.1 Å². The number of imide groups is 1. The van der Waals surface area contributed by atoms with Gasteiger partial charge in [0.1, 0.15) is 13.2 Å². The second kappa shape index (κ2) is 11.3. The van der Waals surface area contributed by atoms with Crippen molar-refractivity contribution in [2.24, 2.45) is 0 Å². The molecular weight excluding hydrogens is 486 g/mol. The minimum Gasteiger partial charge on any atom is -0.493 e. The number of likely N-dealkylation sites (tertiary alicyclic amines) is 1. The zero-order valence-corrected chi connectivity index (χ0v) is 20.5.